The predicted molar refractivity (Wildman–Crippen MR) is 141 cm³/mol. The Hall–Kier alpha value is -3.30. The minimum Gasteiger partial charge on any atom is -0.379 e. The van der Waals surface area contributed by atoms with Crippen LogP contribution in [0.15, 0.2) is 59.7 Å². The molecule has 4 rings (SSSR count). The molecule has 0 saturated carbocycles. The summed E-state index contributed by atoms with van der Waals surface area (Å²) in [6.45, 7) is 9.52. The molecule has 0 radical (unpaired) electrons. The van der Waals surface area contributed by atoms with Gasteiger partial charge in [0.1, 0.15) is 12.4 Å². The fourth-order valence-electron chi connectivity index (χ4n) is 4.51. The van der Waals surface area contributed by atoms with Crippen LogP contribution in [-0.2, 0) is 9.53 Å². The van der Waals surface area contributed by atoms with Gasteiger partial charge in [0.2, 0.25) is 0 Å². The third-order valence-corrected chi connectivity index (χ3v) is 6.42. The zero-order chi connectivity index (χ0) is 26.4. The molecule has 2 aromatic rings. The predicted octanol–water partition coefficient (Wildman–Crippen LogP) is 3.65. The number of benzene rings is 2. The Labute approximate surface area is 218 Å². The van der Waals surface area contributed by atoms with E-state index in [1.165, 1.54) is 11.1 Å². The van der Waals surface area contributed by atoms with Gasteiger partial charge >= 0.3 is 6.03 Å². The van der Waals surface area contributed by atoms with Gasteiger partial charge in [-0.1, -0.05) is 48.5 Å². The van der Waals surface area contributed by atoms with E-state index in [0.717, 1.165) is 18.7 Å². The number of urea groups is 1. The number of ether oxygens (including phenoxy) is 1. The summed E-state index contributed by atoms with van der Waals surface area (Å²) in [5.74, 6) is -0.690. The van der Waals surface area contributed by atoms with E-state index in [1.807, 2.05) is 51.1 Å². The number of amides is 3. The number of carbonyl (C=O) groups excluding carboxylic acids is 2. The molecule has 0 aliphatic carbocycles. The monoisotopic (exact) mass is 509 g/mol. The highest BCUT2D eigenvalue weighted by Crippen LogP contribution is 2.33. The Morgan fingerprint density at radius 1 is 1.08 bits per heavy atom. The van der Waals surface area contributed by atoms with Crippen LogP contribution in [0.25, 0.3) is 0 Å². The molecule has 8 nitrogen and oxygen atoms in total. The number of hydrogen-bond donors (Lipinski definition) is 1. The highest BCUT2D eigenvalue weighted by molar-refractivity contribution is 6.03. The zero-order valence-electron chi connectivity index (χ0n) is 21.8. The molecular weight excluding hydrogens is 473 g/mol. The quantitative estimate of drug-likeness (QED) is 0.618. The van der Waals surface area contributed by atoms with E-state index in [-0.39, 0.29) is 30.3 Å². The van der Waals surface area contributed by atoms with Crippen LogP contribution in [0.1, 0.15) is 44.4 Å². The molecular formula is C28H36FN5O3. The lowest BCUT2D eigenvalue weighted by atomic mass is 9.98. The van der Waals surface area contributed by atoms with Gasteiger partial charge in [0.05, 0.1) is 25.0 Å². The first-order chi connectivity index (χ1) is 17.7. The van der Waals surface area contributed by atoms with Gasteiger partial charge in [-0.15, -0.1) is 0 Å². The molecule has 1 N–H and O–H groups in total. The highest BCUT2D eigenvalue weighted by atomic mass is 19.1. The van der Waals surface area contributed by atoms with Crippen molar-refractivity contribution < 1.29 is 18.7 Å². The molecule has 37 heavy (non-hydrogen) atoms. The van der Waals surface area contributed by atoms with Crippen LogP contribution in [0.4, 0.5) is 9.18 Å². The second-order valence-electron chi connectivity index (χ2n) is 10.5. The number of rotatable bonds is 7. The average molecular weight is 510 g/mol. The first kappa shape index (κ1) is 26.8. The summed E-state index contributed by atoms with van der Waals surface area (Å²) in [6, 6.07) is 15.4. The minimum absolute atomic E-state index is 0.135. The number of halogens is 1. The van der Waals surface area contributed by atoms with Crippen LogP contribution in [0.3, 0.4) is 0 Å². The first-order valence-corrected chi connectivity index (χ1v) is 12.8. The van der Waals surface area contributed by atoms with E-state index in [0.29, 0.717) is 44.0 Å². The Morgan fingerprint density at radius 2 is 1.76 bits per heavy atom. The average Bonchev–Trinajstić information content (AvgIpc) is 3.32. The lowest BCUT2D eigenvalue weighted by Crippen LogP contribution is -2.53. The van der Waals surface area contributed by atoms with Gasteiger partial charge in [-0.05, 0) is 32.4 Å². The lowest BCUT2D eigenvalue weighted by molar-refractivity contribution is -0.133. The molecule has 0 unspecified atom stereocenters. The maximum Gasteiger partial charge on any atom is 0.318 e. The molecule has 2 aromatic carbocycles. The largest absolute Gasteiger partial charge is 0.379 e. The third kappa shape index (κ3) is 7.14. The second kappa shape index (κ2) is 11.8. The van der Waals surface area contributed by atoms with E-state index in [1.54, 1.807) is 23.1 Å². The van der Waals surface area contributed by atoms with Gasteiger partial charge in [-0.2, -0.15) is 5.10 Å². The molecule has 0 aromatic heterocycles. The van der Waals surface area contributed by atoms with Crippen molar-refractivity contribution >= 4 is 17.6 Å². The maximum absolute atomic E-state index is 14.6. The second-order valence-corrected chi connectivity index (χ2v) is 10.5. The van der Waals surface area contributed by atoms with Crippen molar-refractivity contribution in [2.45, 2.75) is 38.8 Å². The first-order valence-electron chi connectivity index (χ1n) is 12.8. The Bertz CT molecular complexity index is 1110. The number of nitrogens with one attached hydrogen (secondary N) is 1. The van der Waals surface area contributed by atoms with Crippen LogP contribution in [-0.4, -0.2) is 83.9 Å². The number of nitrogens with zero attached hydrogens (tertiary/aromatic N) is 4. The molecule has 1 fully saturated rings. The summed E-state index contributed by atoms with van der Waals surface area (Å²) < 4.78 is 20.0. The summed E-state index contributed by atoms with van der Waals surface area (Å²) in [5.41, 5.74) is 1.35. The topological polar surface area (TPSA) is 77.5 Å². The van der Waals surface area contributed by atoms with Gasteiger partial charge in [0.15, 0.2) is 0 Å². The summed E-state index contributed by atoms with van der Waals surface area (Å²) >= 11 is 0. The van der Waals surface area contributed by atoms with E-state index >= 15 is 0 Å². The number of carbonyl (C=O) groups is 2. The van der Waals surface area contributed by atoms with Crippen LogP contribution in [0.5, 0.6) is 0 Å². The Balaban J connectivity index is 1.56. The van der Waals surface area contributed by atoms with Crippen molar-refractivity contribution in [1.82, 2.24) is 20.1 Å². The van der Waals surface area contributed by atoms with Gasteiger partial charge < -0.3 is 15.0 Å². The van der Waals surface area contributed by atoms with E-state index in [9.17, 15) is 14.0 Å². The summed E-state index contributed by atoms with van der Waals surface area (Å²) in [4.78, 5) is 30.6. The van der Waals surface area contributed by atoms with Gasteiger partial charge in [0, 0.05) is 43.7 Å². The molecule has 1 saturated heterocycles. The van der Waals surface area contributed by atoms with Crippen molar-refractivity contribution in [3.05, 3.63) is 71.5 Å². The molecule has 9 heteroatoms. The van der Waals surface area contributed by atoms with Crippen LogP contribution < -0.4 is 5.32 Å². The smallest absolute Gasteiger partial charge is 0.318 e. The van der Waals surface area contributed by atoms with E-state index in [2.05, 4.69) is 15.3 Å². The van der Waals surface area contributed by atoms with Crippen molar-refractivity contribution in [2.24, 2.45) is 5.10 Å². The van der Waals surface area contributed by atoms with Crippen molar-refractivity contribution in [3.8, 4) is 0 Å². The summed E-state index contributed by atoms with van der Waals surface area (Å²) in [6.07, 6.45) is 0.388. The SMILES string of the molecule is CC(C)(C)NC(=O)N(CCN1CCOCC1)CC(=O)N1N=C(c2ccccc2F)C[C@H]1c1ccccc1. The fourth-order valence-corrected chi connectivity index (χ4v) is 4.51. The molecule has 0 spiro atoms. The van der Waals surface area contributed by atoms with Gasteiger partial charge in [-0.3, -0.25) is 9.69 Å². The summed E-state index contributed by atoms with van der Waals surface area (Å²) in [5, 5.41) is 8.98. The normalized spacial score (nSPS) is 18.4. The maximum atomic E-state index is 14.6. The van der Waals surface area contributed by atoms with Crippen LogP contribution in [0, 0.1) is 5.82 Å². The molecule has 0 bridgehead atoms. The van der Waals surface area contributed by atoms with Crippen LogP contribution in [0.2, 0.25) is 0 Å². The van der Waals surface area contributed by atoms with Crippen molar-refractivity contribution in [1.29, 1.82) is 0 Å². The van der Waals surface area contributed by atoms with Crippen molar-refractivity contribution in [2.75, 3.05) is 45.9 Å². The lowest BCUT2D eigenvalue weighted by Gasteiger charge is -2.32. The number of hydrazone groups is 1. The van der Waals surface area contributed by atoms with E-state index in [4.69, 9.17) is 4.74 Å². The minimum atomic E-state index is -0.451. The highest BCUT2D eigenvalue weighted by Gasteiger charge is 2.35. The van der Waals surface area contributed by atoms with E-state index < -0.39 is 5.54 Å². The molecule has 2 aliphatic rings. The molecule has 198 valence electrons. The molecule has 2 heterocycles. The van der Waals surface area contributed by atoms with Crippen molar-refractivity contribution in [3.63, 3.8) is 0 Å². The zero-order valence-corrected chi connectivity index (χ0v) is 21.8. The number of hydrogen-bond acceptors (Lipinski definition) is 5. The summed E-state index contributed by atoms with van der Waals surface area (Å²) in [7, 11) is 0. The Morgan fingerprint density at radius 3 is 2.43 bits per heavy atom. The van der Waals surface area contributed by atoms with Gasteiger partial charge in [-0.25, -0.2) is 14.2 Å². The Kier molecular flexibility index (Phi) is 8.56. The molecule has 3 amide bonds. The third-order valence-electron chi connectivity index (χ3n) is 6.42. The number of morpholine rings is 1. The standard InChI is InChI=1S/C28H36FN5O3/c1-28(2,3)30-27(36)33(14-13-32-15-17-37-18-16-32)20-26(35)34-25(21-9-5-4-6-10-21)19-24(31-34)22-11-7-8-12-23(22)29/h4-12,25H,13-20H2,1-3H3,(H,30,36)/t25-/m0/s1. The molecule has 1 atom stereocenters. The molecule has 2 aliphatic heterocycles. The van der Waals surface area contributed by atoms with Gasteiger partial charge in [0.25, 0.3) is 5.91 Å². The van der Waals surface area contributed by atoms with Crippen LogP contribution >= 0.6 is 0 Å². The fraction of sp³-hybridized carbons (Fsp3) is 0.464.